The van der Waals surface area contributed by atoms with Crippen molar-refractivity contribution in [1.29, 1.82) is 5.26 Å². The van der Waals surface area contributed by atoms with Crippen LogP contribution in [0.2, 0.25) is 0 Å². The number of nitrogens with one attached hydrogen (secondary N) is 2. The van der Waals surface area contributed by atoms with E-state index >= 15 is 0 Å². The molecule has 0 aromatic heterocycles. The number of carbonyl (C=O) groups excluding carboxylic acids is 2. The lowest BCUT2D eigenvalue weighted by Gasteiger charge is -2.38. The molecule has 1 aliphatic rings. The molecule has 1 saturated carbocycles. The number of aldehydes is 1. The minimum Gasteiger partial charge on any atom is -0.335 e. The molecule has 0 saturated heterocycles. The lowest BCUT2D eigenvalue weighted by molar-refractivity contribution is -0.108. The highest BCUT2D eigenvalue weighted by atomic mass is 16.2. The number of amides is 2. The van der Waals surface area contributed by atoms with E-state index in [1.165, 1.54) is 0 Å². The molecule has 2 aromatic rings. The van der Waals surface area contributed by atoms with Crippen LogP contribution in [0, 0.1) is 23.2 Å². The monoisotopic (exact) mass is 445 g/mol. The van der Waals surface area contributed by atoms with Crippen LogP contribution in [0.3, 0.4) is 0 Å². The summed E-state index contributed by atoms with van der Waals surface area (Å²) in [5, 5.41) is 17.0. The average Bonchev–Trinajstić information content (AvgIpc) is 2.82. The molecular weight excluding hydrogens is 410 g/mol. The Hall–Kier alpha value is -3.13. The molecule has 5 heteroatoms. The van der Waals surface area contributed by atoms with Gasteiger partial charge in [-0.3, -0.25) is 0 Å². The summed E-state index contributed by atoms with van der Waals surface area (Å²) in [6.45, 7) is 4.22. The Balaban J connectivity index is 1.86. The molecule has 0 spiro atoms. The zero-order chi connectivity index (χ0) is 23.7. The van der Waals surface area contributed by atoms with Crippen molar-refractivity contribution in [3.05, 3.63) is 71.8 Å². The Kier molecular flexibility index (Phi) is 8.65. The Morgan fingerprint density at radius 2 is 1.58 bits per heavy atom. The van der Waals surface area contributed by atoms with Crippen molar-refractivity contribution in [2.45, 2.75) is 69.9 Å². The van der Waals surface area contributed by atoms with Crippen LogP contribution in [-0.2, 0) is 10.2 Å². The molecule has 0 bridgehead atoms. The number of benzene rings is 2. The summed E-state index contributed by atoms with van der Waals surface area (Å²) < 4.78 is 0. The fourth-order valence-electron chi connectivity index (χ4n) is 5.06. The van der Waals surface area contributed by atoms with E-state index < -0.39 is 11.5 Å². The van der Waals surface area contributed by atoms with Gasteiger partial charge in [0.2, 0.25) is 0 Å². The van der Waals surface area contributed by atoms with Crippen LogP contribution in [0.5, 0.6) is 0 Å². The Morgan fingerprint density at radius 3 is 2.03 bits per heavy atom. The number of rotatable bonds is 9. The largest absolute Gasteiger partial charge is 0.335 e. The second kappa shape index (κ2) is 11.7. The van der Waals surface area contributed by atoms with Gasteiger partial charge < -0.3 is 15.4 Å². The Labute approximate surface area is 197 Å². The smallest absolute Gasteiger partial charge is 0.315 e. The van der Waals surface area contributed by atoms with Gasteiger partial charge in [-0.15, -0.1) is 0 Å². The van der Waals surface area contributed by atoms with E-state index in [4.69, 9.17) is 0 Å². The Morgan fingerprint density at radius 1 is 1.03 bits per heavy atom. The summed E-state index contributed by atoms with van der Waals surface area (Å²) in [5.74, 6) is 0.717. The van der Waals surface area contributed by atoms with E-state index in [2.05, 4.69) is 30.6 Å². The van der Waals surface area contributed by atoms with Crippen molar-refractivity contribution < 1.29 is 9.59 Å². The molecule has 1 unspecified atom stereocenters. The lowest BCUT2D eigenvalue weighted by Crippen LogP contribution is -2.55. The maximum Gasteiger partial charge on any atom is 0.315 e. The van der Waals surface area contributed by atoms with Gasteiger partial charge >= 0.3 is 6.03 Å². The molecule has 2 aromatic carbocycles. The predicted octanol–water partition coefficient (Wildman–Crippen LogP) is 5.36. The van der Waals surface area contributed by atoms with Crippen LogP contribution in [0.15, 0.2) is 60.7 Å². The fraction of sp³-hybridized carbons (Fsp3) is 0.464. The van der Waals surface area contributed by atoms with Crippen molar-refractivity contribution in [1.82, 2.24) is 10.6 Å². The molecule has 174 valence electrons. The summed E-state index contributed by atoms with van der Waals surface area (Å²) in [4.78, 5) is 23.9. The molecule has 0 heterocycles. The van der Waals surface area contributed by atoms with Crippen LogP contribution < -0.4 is 10.6 Å². The van der Waals surface area contributed by atoms with E-state index in [1.54, 1.807) is 0 Å². The zero-order valence-corrected chi connectivity index (χ0v) is 19.7. The molecule has 33 heavy (non-hydrogen) atoms. The lowest BCUT2D eigenvalue weighted by atomic mass is 9.68. The highest BCUT2D eigenvalue weighted by molar-refractivity contribution is 5.75. The summed E-state index contributed by atoms with van der Waals surface area (Å²) >= 11 is 0. The van der Waals surface area contributed by atoms with Gasteiger partial charge in [0.25, 0.3) is 0 Å². The van der Waals surface area contributed by atoms with Crippen LogP contribution >= 0.6 is 0 Å². The van der Waals surface area contributed by atoms with Crippen molar-refractivity contribution in [3.63, 3.8) is 0 Å². The summed E-state index contributed by atoms with van der Waals surface area (Å²) in [6.07, 6.45) is 5.93. The average molecular weight is 446 g/mol. The van der Waals surface area contributed by atoms with Gasteiger partial charge in [0.15, 0.2) is 0 Å². The van der Waals surface area contributed by atoms with E-state index in [0.29, 0.717) is 18.8 Å². The van der Waals surface area contributed by atoms with E-state index in [0.717, 1.165) is 43.1 Å². The third-order valence-corrected chi connectivity index (χ3v) is 6.78. The van der Waals surface area contributed by atoms with Gasteiger partial charge in [0.05, 0.1) is 12.1 Å². The molecule has 0 radical (unpaired) electrons. The molecule has 5 nitrogen and oxygen atoms in total. The van der Waals surface area contributed by atoms with Crippen molar-refractivity contribution in [2.75, 3.05) is 0 Å². The predicted molar refractivity (Wildman–Crippen MR) is 131 cm³/mol. The first-order valence-corrected chi connectivity index (χ1v) is 12.0. The maximum absolute atomic E-state index is 13.1. The standard InChI is InChI=1S/C28H35N3O2/c1-21(2)19-26(31-27(33)30-25-15-13-22(14-16-25)17-18-32)28(20-29,23-9-5-3-6-10-23)24-11-7-4-8-12-24/h3-12,18,21-22,25-26H,13-17,19H2,1-2H3,(H2,30,31,33). The molecule has 1 aliphatic carbocycles. The van der Waals surface area contributed by atoms with Crippen molar-refractivity contribution in [3.8, 4) is 6.07 Å². The first kappa shape index (κ1) is 24.5. The van der Waals surface area contributed by atoms with Crippen LogP contribution in [0.4, 0.5) is 4.79 Å². The number of urea groups is 1. The minimum absolute atomic E-state index is 0.0949. The number of hydrogen-bond donors (Lipinski definition) is 2. The Bertz CT molecular complexity index is 889. The van der Waals surface area contributed by atoms with E-state index in [1.807, 2.05) is 60.7 Å². The van der Waals surface area contributed by atoms with Crippen LogP contribution in [0.1, 0.15) is 63.5 Å². The first-order chi connectivity index (χ1) is 16.0. The number of hydrogen-bond acceptors (Lipinski definition) is 3. The van der Waals surface area contributed by atoms with E-state index in [9.17, 15) is 14.9 Å². The van der Waals surface area contributed by atoms with Crippen LogP contribution in [0.25, 0.3) is 0 Å². The highest BCUT2D eigenvalue weighted by Gasteiger charge is 2.44. The second-order valence-electron chi connectivity index (χ2n) is 9.57. The topological polar surface area (TPSA) is 82.0 Å². The van der Waals surface area contributed by atoms with Gasteiger partial charge in [-0.05, 0) is 55.1 Å². The molecule has 1 atom stereocenters. The molecular formula is C28H35N3O2. The summed E-state index contributed by atoms with van der Waals surface area (Å²) in [6, 6.07) is 21.6. The number of carbonyl (C=O) groups is 2. The quantitative estimate of drug-likeness (QED) is 0.510. The summed E-state index contributed by atoms with van der Waals surface area (Å²) in [7, 11) is 0. The first-order valence-electron chi connectivity index (χ1n) is 12.0. The number of nitrogens with zero attached hydrogens (tertiary/aromatic N) is 1. The zero-order valence-electron chi connectivity index (χ0n) is 19.7. The second-order valence-corrected chi connectivity index (χ2v) is 9.57. The third kappa shape index (κ3) is 6.01. The molecule has 2 N–H and O–H groups in total. The molecule has 3 rings (SSSR count). The third-order valence-electron chi connectivity index (χ3n) is 6.78. The molecule has 2 amide bonds. The van der Waals surface area contributed by atoms with Crippen LogP contribution in [-0.4, -0.2) is 24.4 Å². The number of nitriles is 1. The van der Waals surface area contributed by atoms with Gasteiger partial charge in [-0.1, -0.05) is 74.5 Å². The molecule has 1 fully saturated rings. The SMILES string of the molecule is CC(C)CC(NC(=O)NC1CCC(CC=O)CC1)C(C#N)(c1ccccc1)c1ccccc1. The molecule has 0 aliphatic heterocycles. The maximum atomic E-state index is 13.1. The fourth-order valence-corrected chi connectivity index (χ4v) is 5.06. The normalized spacial score (nSPS) is 19.3. The van der Waals surface area contributed by atoms with Gasteiger partial charge in [0, 0.05) is 12.5 Å². The van der Waals surface area contributed by atoms with Gasteiger partial charge in [-0.2, -0.15) is 5.26 Å². The minimum atomic E-state index is -1.01. The van der Waals surface area contributed by atoms with Crippen molar-refractivity contribution >= 4 is 12.3 Å². The van der Waals surface area contributed by atoms with Gasteiger partial charge in [0.1, 0.15) is 11.7 Å². The van der Waals surface area contributed by atoms with Crippen molar-refractivity contribution in [2.24, 2.45) is 11.8 Å². The summed E-state index contributed by atoms with van der Waals surface area (Å²) in [5.41, 5.74) is 0.740. The van der Waals surface area contributed by atoms with Gasteiger partial charge in [-0.25, -0.2) is 4.79 Å². The van der Waals surface area contributed by atoms with E-state index in [-0.39, 0.29) is 18.0 Å². The highest BCUT2D eigenvalue weighted by Crippen LogP contribution is 2.38.